The molecule has 0 aromatic heterocycles. The molecule has 0 spiro atoms. The molecule has 0 fully saturated rings. The first-order chi connectivity index (χ1) is 9.96. The minimum absolute atomic E-state index is 0.0429. The first kappa shape index (κ1) is 17.3. The molecule has 0 bridgehead atoms. The maximum Gasteiger partial charge on any atom is 0.191 e. The highest BCUT2D eigenvalue weighted by Gasteiger charge is 2.16. The van der Waals surface area contributed by atoms with Gasteiger partial charge < -0.3 is 20.1 Å². The van der Waals surface area contributed by atoms with Crippen LogP contribution in [0.3, 0.4) is 0 Å². The molecule has 0 aliphatic heterocycles. The maximum absolute atomic E-state index is 5.81. The monoisotopic (exact) mass is 293 g/mol. The lowest BCUT2D eigenvalue weighted by Crippen LogP contribution is -2.47. The lowest BCUT2D eigenvalue weighted by atomic mass is 10.1. The van der Waals surface area contributed by atoms with E-state index in [1.54, 1.807) is 14.2 Å². The summed E-state index contributed by atoms with van der Waals surface area (Å²) in [5.74, 6) is 1.61. The Morgan fingerprint density at radius 1 is 1.24 bits per heavy atom. The van der Waals surface area contributed by atoms with Crippen molar-refractivity contribution in [2.45, 2.75) is 32.5 Å². The number of guanidine groups is 1. The van der Waals surface area contributed by atoms with Crippen LogP contribution in [0.4, 0.5) is 0 Å². The third kappa shape index (κ3) is 6.99. The summed E-state index contributed by atoms with van der Waals surface area (Å²) in [5, 5.41) is 6.48. The average molecular weight is 293 g/mol. The van der Waals surface area contributed by atoms with Crippen molar-refractivity contribution in [3.8, 4) is 5.75 Å². The van der Waals surface area contributed by atoms with Gasteiger partial charge in [-0.1, -0.05) is 18.2 Å². The molecule has 5 nitrogen and oxygen atoms in total. The second-order valence-corrected chi connectivity index (χ2v) is 5.51. The van der Waals surface area contributed by atoms with E-state index < -0.39 is 0 Å². The van der Waals surface area contributed by atoms with E-state index >= 15 is 0 Å². The minimum Gasteiger partial charge on any atom is -0.489 e. The smallest absolute Gasteiger partial charge is 0.191 e. The van der Waals surface area contributed by atoms with Crippen LogP contribution in [0.15, 0.2) is 35.3 Å². The molecule has 0 saturated carbocycles. The van der Waals surface area contributed by atoms with Gasteiger partial charge in [-0.05, 0) is 32.9 Å². The number of rotatable bonds is 7. The number of benzene rings is 1. The Morgan fingerprint density at radius 3 is 2.48 bits per heavy atom. The molecule has 5 heteroatoms. The summed E-state index contributed by atoms with van der Waals surface area (Å²) in [6.07, 6.45) is 0.0429. The summed E-state index contributed by atoms with van der Waals surface area (Å²) in [6, 6.07) is 9.79. The molecule has 1 atom stereocenters. The van der Waals surface area contributed by atoms with Gasteiger partial charge >= 0.3 is 0 Å². The SMILES string of the molecule is CN=C(NCC(C)Oc1ccccc1)NCC(C)(C)OC. The summed E-state index contributed by atoms with van der Waals surface area (Å²) in [6.45, 7) is 7.41. The Labute approximate surface area is 127 Å². The molecular weight excluding hydrogens is 266 g/mol. The van der Waals surface area contributed by atoms with Gasteiger partial charge in [-0.25, -0.2) is 0 Å². The molecule has 0 aliphatic rings. The Kier molecular flexibility index (Phi) is 7.02. The van der Waals surface area contributed by atoms with Gasteiger partial charge in [-0.2, -0.15) is 0 Å². The molecule has 0 saturated heterocycles. The Balaban J connectivity index is 2.35. The highest BCUT2D eigenvalue weighted by atomic mass is 16.5. The lowest BCUT2D eigenvalue weighted by molar-refractivity contribution is 0.0268. The van der Waals surface area contributed by atoms with E-state index in [1.165, 1.54) is 0 Å². The van der Waals surface area contributed by atoms with Gasteiger partial charge in [0.15, 0.2) is 5.96 Å². The zero-order valence-corrected chi connectivity index (χ0v) is 13.6. The van der Waals surface area contributed by atoms with Crippen LogP contribution in [0.1, 0.15) is 20.8 Å². The van der Waals surface area contributed by atoms with E-state index in [2.05, 4.69) is 15.6 Å². The van der Waals surface area contributed by atoms with Crippen LogP contribution in [-0.4, -0.2) is 44.9 Å². The van der Waals surface area contributed by atoms with E-state index in [0.29, 0.717) is 13.1 Å². The van der Waals surface area contributed by atoms with Crippen molar-refractivity contribution in [1.29, 1.82) is 0 Å². The molecule has 1 aromatic carbocycles. The van der Waals surface area contributed by atoms with Gasteiger partial charge in [0.2, 0.25) is 0 Å². The van der Waals surface area contributed by atoms with Crippen LogP contribution in [0.25, 0.3) is 0 Å². The van der Waals surface area contributed by atoms with E-state index in [0.717, 1.165) is 11.7 Å². The standard InChI is InChI=1S/C16H27N3O2/c1-13(21-14-9-7-6-8-10-14)11-18-15(17-4)19-12-16(2,3)20-5/h6-10,13H,11-12H2,1-5H3,(H2,17,18,19). The van der Waals surface area contributed by atoms with Crippen LogP contribution in [0, 0.1) is 0 Å². The first-order valence-electron chi connectivity index (χ1n) is 7.18. The third-order valence-electron chi connectivity index (χ3n) is 3.10. The van der Waals surface area contributed by atoms with Crippen LogP contribution < -0.4 is 15.4 Å². The fraction of sp³-hybridized carbons (Fsp3) is 0.562. The minimum atomic E-state index is -0.232. The highest BCUT2D eigenvalue weighted by molar-refractivity contribution is 5.79. The van der Waals surface area contributed by atoms with Gasteiger partial charge in [-0.3, -0.25) is 4.99 Å². The van der Waals surface area contributed by atoms with Crippen molar-refractivity contribution in [3.63, 3.8) is 0 Å². The van der Waals surface area contributed by atoms with E-state index in [-0.39, 0.29) is 11.7 Å². The number of aliphatic imine (C=N–C) groups is 1. The quantitative estimate of drug-likeness (QED) is 0.597. The van der Waals surface area contributed by atoms with Crippen LogP contribution in [0.2, 0.25) is 0 Å². The molecular formula is C16H27N3O2. The Morgan fingerprint density at radius 2 is 1.90 bits per heavy atom. The topological polar surface area (TPSA) is 54.9 Å². The van der Waals surface area contributed by atoms with Crippen molar-refractivity contribution >= 4 is 5.96 Å². The largest absolute Gasteiger partial charge is 0.489 e. The Hall–Kier alpha value is -1.75. The maximum atomic E-state index is 5.81. The van der Waals surface area contributed by atoms with Crippen molar-refractivity contribution in [2.24, 2.45) is 4.99 Å². The van der Waals surface area contributed by atoms with Crippen LogP contribution >= 0.6 is 0 Å². The van der Waals surface area contributed by atoms with Gasteiger partial charge in [0.05, 0.1) is 12.1 Å². The summed E-state index contributed by atoms with van der Waals surface area (Å²) < 4.78 is 11.2. The molecule has 1 aromatic rings. The zero-order chi connectivity index (χ0) is 15.7. The molecule has 2 N–H and O–H groups in total. The zero-order valence-electron chi connectivity index (χ0n) is 13.6. The molecule has 0 radical (unpaired) electrons. The molecule has 0 amide bonds. The number of hydrogen-bond donors (Lipinski definition) is 2. The van der Waals surface area contributed by atoms with Crippen molar-refractivity contribution in [2.75, 3.05) is 27.2 Å². The van der Waals surface area contributed by atoms with Gasteiger partial charge in [0, 0.05) is 20.7 Å². The molecule has 1 unspecified atom stereocenters. The fourth-order valence-electron chi connectivity index (χ4n) is 1.60. The number of nitrogens with one attached hydrogen (secondary N) is 2. The normalized spacial score (nSPS) is 13.7. The molecule has 118 valence electrons. The molecule has 0 aliphatic carbocycles. The van der Waals surface area contributed by atoms with Crippen LogP contribution in [-0.2, 0) is 4.74 Å². The summed E-state index contributed by atoms with van der Waals surface area (Å²) in [4.78, 5) is 4.19. The average Bonchev–Trinajstić information content (AvgIpc) is 2.48. The van der Waals surface area contributed by atoms with Crippen molar-refractivity contribution in [3.05, 3.63) is 30.3 Å². The predicted octanol–water partition coefficient (Wildman–Crippen LogP) is 2.04. The van der Waals surface area contributed by atoms with Gasteiger partial charge in [0.25, 0.3) is 0 Å². The highest BCUT2D eigenvalue weighted by Crippen LogP contribution is 2.10. The van der Waals surface area contributed by atoms with E-state index in [1.807, 2.05) is 51.1 Å². The fourth-order valence-corrected chi connectivity index (χ4v) is 1.60. The summed E-state index contributed by atoms with van der Waals surface area (Å²) >= 11 is 0. The number of methoxy groups -OCH3 is 1. The van der Waals surface area contributed by atoms with Gasteiger partial charge in [-0.15, -0.1) is 0 Å². The Bertz CT molecular complexity index is 432. The predicted molar refractivity (Wildman–Crippen MR) is 87.0 cm³/mol. The number of nitrogens with zero attached hydrogens (tertiary/aromatic N) is 1. The van der Waals surface area contributed by atoms with E-state index in [9.17, 15) is 0 Å². The number of ether oxygens (including phenoxy) is 2. The van der Waals surface area contributed by atoms with Gasteiger partial charge in [0.1, 0.15) is 11.9 Å². The van der Waals surface area contributed by atoms with Crippen LogP contribution in [0.5, 0.6) is 5.75 Å². The number of hydrogen-bond acceptors (Lipinski definition) is 3. The molecule has 0 heterocycles. The lowest BCUT2D eigenvalue weighted by Gasteiger charge is -2.25. The second kappa shape index (κ2) is 8.52. The van der Waals surface area contributed by atoms with Crippen molar-refractivity contribution < 1.29 is 9.47 Å². The summed E-state index contributed by atoms with van der Waals surface area (Å²) in [5.41, 5.74) is -0.232. The number of para-hydroxylation sites is 1. The third-order valence-corrected chi connectivity index (χ3v) is 3.10. The molecule has 21 heavy (non-hydrogen) atoms. The second-order valence-electron chi connectivity index (χ2n) is 5.51. The van der Waals surface area contributed by atoms with E-state index in [4.69, 9.17) is 9.47 Å². The summed E-state index contributed by atoms with van der Waals surface area (Å²) in [7, 11) is 3.45. The molecule has 1 rings (SSSR count). The van der Waals surface area contributed by atoms with Crippen molar-refractivity contribution in [1.82, 2.24) is 10.6 Å². The first-order valence-corrected chi connectivity index (χ1v) is 7.18.